The molecule has 0 aromatic heterocycles. The third-order valence-corrected chi connectivity index (χ3v) is 8.33. The van der Waals surface area contributed by atoms with Crippen molar-refractivity contribution in [2.45, 2.75) is 50.7 Å². The van der Waals surface area contributed by atoms with Crippen LogP contribution in [0.3, 0.4) is 0 Å². The second-order valence-electron chi connectivity index (χ2n) is 10.1. The van der Waals surface area contributed by atoms with Crippen molar-refractivity contribution in [2.24, 2.45) is 0 Å². The van der Waals surface area contributed by atoms with Crippen molar-refractivity contribution < 1.29 is 22.7 Å². The van der Waals surface area contributed by atoms with Crippen molar-refractivity contribution in [3.63, 3.8) is 0 Å². The third-order valence-electron chi connectivity index (χ3n) is 7.20. The van der Waals surface area contributed by atoms with Gasteiger partial charge < -0.3 is 15.0 Å². The van der Waals surface area contributed by atoms with Crippen molar-refractivity contribution in [3.05, 3.63) is 96.1 Å². The molecule has 0 aliphatic heterocycles. The molecule has 3 aromatic rings. The topological polar surface area (TPSA) is 96.0 Å². The highest BCUT2D eigenvalue weighted by molar-refractivity contribution is 7.92. The average Bonchev–Trinajstić information content (AvgIpc) is 3.47. The largest absolute Gasteiger partial charge is 0.495 e. The predicted molar refractivity (Wildman–Crippen MR) is 157 cm³/mol. The van der Waals surface area contributed by atoms with E-state index in [9.17, 15) is 18.0 Å². The molecular weight excluding hydrogens is 526 g/mol. The lowest BCUT2D eigenvalue weighted by Gasteiger charge is -2.34. The van der Waals surface area contributed by atoms with Crippen molar-refractivity contribution in [3.8, 4) is 5.75 Å². The average molecular weight is 564 g/mol. The monoisotopic (exact) mass is 563 g/mol. The van der Waals surface area contributed by atoms with Crippen molar-refractivity contribution in [1.82, 2.24) is 10.2 Å². The number of para-hydroxylation sites is 2. The Morgan fingerprint density at radius 3 is 2.08 bits per heavy atom. The maximum Gasteiger partial charge on any atom is 0.244 e. The number of nitrogens with zero attached hydrogens (tertiary/aromatic N) is 2. The van der Waals surface area contributed by atoms with E-state index in [1.54, 1.807) is 24.3 Å². The molecule has 4 rings (SSSR count). The molecule has 0 spiro atoms. The molecule has 1 saturated carbocycles. The highest BCUT2D eigenvalue weighted by Gasteiger charge is 2.34. The molecule has 1 atom stereocenters. The molecule has 0 unspecified atom stereocenters. The Morgan fingerprint density at radius 1 is 0.900 bits per heavy atom. The van der Waals surface area contributed by atoms with E-state index < -0.39 is 28.5 Å². The van der Waals surface area contributed by atoms with Crippen molar-refractivity contribution in [1.29, 1.82) is 0 Å². The number of amides is 2. The molecule has 2 amide bonds. The number of methoxy groups -OCH3 is 1. The minimum Gasteiger partial charge on any atom is -0.495 e. The normalized spacial score (nSPS) is 14.3. The van der Waals surface area contributed by atoms with Crippen LogP contribution in [-0.4, -0.2) is 57.1 Å². The van der Waals surface area contributed by atoms with Gasteiger partial charge in [0.15, 0.2) is 0 Å². The first-order valence-corrected chi connectivity index (χ1v) is 15.4. The second-order valence-corrected chi connectivity index (χ2v) is 12.1. The number of nitrogens with one attached hydrogen (secondary N) is 1. The summed E-state index contributed by atoms with van der Waals surface area (Å²) in [6.45, 7) is -0.327. The molecule has 8 nitrogen and oxygen atoms in total. The summed E-state index contributed by atoms with van der Waals surface area (Å²) >= 11 is 0. The Hall–Kier alpha value is -3.85. The van der Waals surface area contributed by atoms with E-state index in [1.165, 1.54) is 12.0 Å². The van der Waals surface area contributed by atoms with Gasteiger partial charge in [0.25, 0.3) is 0 Å². The van der Waals surface area contributed by atoms with Gasteiger partial charge in [0, 0.05) is 19.0 Å². The summed E-state index contributed by atoms with van der Waals surface area (Å²) in [5, 5.41) is 3.17. The predicted octanol–water partition coefficient (Wildman–Crippen LogP) is 4.16. The summed E-state index contributed by atoms with van der Waals surface area (Å²) in [6, 6.07) is 24.9. The van der Waals surface area contributed by atoms with Gasteiger partial charge in [-0.1, -0.05) is 85.6 Å². The third kappa shape index (κ3) is 7.63. The molecule has 1 aliphatic carbocycles. The van der Waals surface area contributed by atoms with Crippen LogP contribution in [0.15, 0.2) is 84.9 Å². The van der Waals surface area contributed by atoms with Gasteiger partial charge in [-0.2, -0.15) is 0 Å². The summed E-state index contributed by atoms with van der Waals surface area (Å²) < 4.78 is 32.4. The van der Waals surface area contributed by atoms with Crippen LogP contribution in [0.5, 0.6) is 5.75 Å². The van der Waals surface area contributed by atoms with Crippen LogP contribution in [0.25, 0.3) is 0 Å². The van der Waals surface area contributed by atoms with Gasteiger partial charge in [-0.15, -0.1) is 0 Å². The van der Waals surface area contributed by atoms with Gasteiger partial charge in [-0.05, 0) is 36.1 Å². The molecule has 0 radical (unpaired) electrons. The molecular formula is C31H37N3O5S. The summed E-state index contributed by atoms with van der Waals surface area (Å²) in [7, 11) is -2.42. The Bertz CT molecular complexity index is 1380. The first-order chi connectivity index (χ1) is 19.3. The molecule has 40 heavy (non-hydrogen) atoms. The summed E-state index contributed by atoms with van der Waals surface area (Å²) in [4.78, 5) is 29.5. The Kier molecular flexibility index (Phi) is 9.82. The molecule has 1 aliphatic rings. The SMILES string of the molecule is COc1ccccc1N(CC(=O)N(Cc1ccccc1)[C@@H](Cc1ccccc1)C(=O)NC1CCCC1)S(C)(=O)=O. The molecule has 1 N–H and O–H groups in total. The first kappa shape index (κ1) is 29.1. The number of carbonyl (C=O) groups excluding carboxylic acids is 2. The molecule has 0 heterocycles. The van der Waals surface area contributed by atoms with Gasteiger partial charge in [0.05, 0.1) is 19.1 Å². The Balaban J connectivity index is 1.72. The van der Waals surface area contributed by atoms with Gasteiger partial charge in [-0.3, -0.25) is 13.9 Å². The summed E-state index contributed by atoms with van der Waals surface area (Å²) in [5.74, 6) is -0.388. The molecule has 0 bridgehead atoms. The van der Waals surface area contributed by atoms with Crippen LogP contribution in [-0.2, 0) is 32.6 Å². The molecule has 212 valence electrons. The zero-order valence-electron chi connectivity index (χ0n) is 23.0. The molecule has 9 heteroatoms. The molecule has 1 fully saturated rings. The van der Waals surface area contributed by atoms with E-state index in [0.29, 0.717) is 12.2 Å². The Labute approximate surface area is 237 Å². The first-order valence-electron chi connectivity index (χ1n) is 13.5. The lowest BCUT2D eigenvalue weighted by Crippen LogP contribution is -2.54. The lowest BCUT2D eigenvalue weighted by molar-refractivity contribution is -0.140. The van der Waals surface area contributed by atoms with Crippen molar-refractivity contribution in [2.75, 3.05) is 24.2 Å². The van der Waals surface area contributed by atoms with Gasteiger partial charge in [0.1, 0.15) is 18.3 Å². The maximum absolute atomic E-state index is 14.1. The van der Waals surface area contributed by atoms with E-state index in [4.69, 9.17) is 4.74 Å². The van der Waals surface area contributed by atoms with E-state index in [1.807, 2.05) is 60.7 Å². The van der Waals surface area contributed by atoms with Crippen molar-refractivity contribution >= 4 is 27.5 Å². The fraction of sp³-hybridized carbons (Fsp3) is 0.355. The Morgan fingerprint density at radius 2 is 1.48 bits per heavy atom. The van der Waals surface area contributed by atoms with Crippen LogP contribution in [0, 0.1) is 0 Å². The van der Waals surface area contributed by atoms with E-state index in [2.05, 4.69) is 5.32 Å². The number of anilines is 1. The number of hydrogen-bond acceptors (Lipinski definition) is 5. The van der Waals surface area contributed by atoms with Crippen LogP contribution in [0.1, 0.15) is 36.8 Å². The standard InChI is InChI=1S/C31H37N3O5S/c1-39-29-20-12-11-19-27(29)34(40(2,37)38)23-30(35)33(22-25-15-7-4-8-16-25)28(21-24-13-5-3-6-14-24)31(36)32-26-17-9-10-18-26/h3-8,11-16,19-20,26,28H,9-10,17-18,21-23H2,1-2H3,(H,32,36)/t28-/m0/s1. The highest BCUT2D eigenvalue weighted by atomic mass is 32.2. The van der Waals surface area contributed by atoms with Gasteiger partial charge in [-0.25, -0.2) is 8.42 Å². The van der Waals surface area contributed by atoms with Crippen LogP contribution in [0.2, 0.25) is 0 Å². The highest BCUT2D eigenvalue weighted by Crippen LogP contribution is 2.30. The van der Waals surface area contributed by atoms with Crippen LogP contribution >= 0.6 is 0 Å². The number of sulfonamides is 1. The minimum absolute atomic E-state index is 0.0700. The molecule has 3 aromatic carbocycles. The van der Waals surface area contributed by atoms with Gasteiger partial charge >= 0.3 is 0 Å². The lowest BCUT2D eigenvalue weighted by atomic mass is 10.0. The number of benzene rings is 3. The fourth-order valence-corrected chi connectivity index (χ4v) is 5.99. The fourth-order valence-electron chi connectivity index (χ4n) is 5.13. The number of ether oxygens (including phenoxy) is 1. The number of rotatable bonds is 12. The second kappa shape index (κ2) is 13.5. The molecule has 0 saturated heterocycles. The smallest absolute Gasteiger partial charge is 0.244 e. The summed E-state index contributed by atoms with van der Waals surface area (Å²) in [5.41, 5.74) is 2.01. The summed E-state index contributed by atoms with van der Waals surface area (Å²) in [6.07, 6.45) is 5.29. The maximum atomic E-state index is 14.1. The van der Waals surface area contributed by atoms with Crippen LogP contribution in [0.4, 0.5) is 5.69 Å². The zero-order chi connectivity index (χ0) is 28.5. The number of carbonyl (C=O) groups is 2. The van der Waals surface area contributed by atoms with Crippen LogP contribution < -0.4 is 14.4 Å². The van der Waals surface area contributed by atoms with E-state index >= 15 is 0 Å². The van der Waals surface area contributed by atoms with Gasteiger partial charge in [0.2, 0.25) is 21.8 Å². The quantitative estimate of drug-likeness (QED) is 0.357. The van der Waals surface area contributed by atoms with E-state index in [0.717, 1.165) is 47.4 Å². The zero-order valence-corrected chi connectivity index (χ0v) is 23.8. The number of hydrogen-bond donors (Lipinski definition) is 1. The minimum atomic E-state index is -3.87. The van der Waals surface area contributed by atoms with E-state index in [-0.39, 0.29) is 24.2 Å².